The van der Waals surface area contributed by atoms with Crippen LogP contribution >= 0.6 is 0 Å². The molecule has 0 heterocycles. The fourth-order valence-electron chi connectivity index (χ4n) is 2.52. The molecule has 0 saturated heterocycles. The Kier molecular flexibility index (Phi) is 3.83. The summed E-state index contributed by atoms with van der Waals surface area (Å²) in [6, 6.07) is 11.0. The Morgan fingerprint density at radius 3 is 2.29 bits per heavy atom. The third-order valence-electron chi connectivity index (χ3n) is 3.56. The first kappa shape index (κ1) is 15.4. The number of ether oxygens (including phenoxy) is 1. The van der Waals surface area contributed by atoms with Gasteiger partial charge in [0.25, 0.3) is 0 Å². The number of hydrogen-bond donors (Lipinski definition) is 3. The molecule has 24 heavy (non-hydrogen) atoms. The lowest BCUT2D eigenvalue weighted by molar-refractivity contribution is -0.133. The molecule has 2 aromatic rings. The Labute approximate surface area is 136 Å². The van der Waals surface area contributed by atoms with Gasteiger partial charge in [0.2, 0.25) is 0 Å². The van der Waals surface area contributed by atoms with E-state index in [9.17, 15) is 14.4 Å². The number of ketones is 2. The van der Waals surface area contributed by atoms with E-state index < -0.39 is 5.97 Å². The molecule has 1 aliphatic rings. The first-order chi connectivity index (χ1) is 11.5. The van der Waals surface area contributed by atoms with Crippen LogP contribution in [-0.4, -0.2) is 30.0 Å². The zero-order valence-corrected chi connectivity index (χ0v) is 12.5. The van der Waals surface area contributed by atoms with Crippen molar-refractivity contribution in [2.45, 2.75) is 0 Å². The van der Waals surface area contributed by atoms with E-state index in [1.807, 2.05) is 0 Å². The van der Waals surface area contributed by atoms with Gasteiger partial charge >= 0.3 is 5.97 Å². The Balaban J connectivity index is 1.98. The summed E-state index contributed by atoms with van der Waals surface area (Å²) in [6.07, 6.45) is 0. The number of nitrogens with two attached hydrogens (primary N) is 1. The molecule has 0 bridgehead atoms. The van der Waals surface area contributed by atoms with Gasteiger partial charge in [-0.25, -0.2) is 4.79 Å². The zero-order valence-electron chi connectivity index (χ0n) is 12.5. The largest absolute Gasteiger partial charge is 0.424 e. The van der Waals surface area contributed by atoms with Crippen molar-refractivity contribution in [3.05, 3.63) is 64.7 Å². The van der Waals surface area contributed by atoms with E-state index in [4.69, 9.17) is 15.9 Å². The number of guanidine groups is 1. The summed E-state index contributed by atoms with van der Waals surface area (Å²) >= 11 is 0. The van der Waals surface area contributed by atoms with Gasteiger partial charge in [-0.05, 0) is 6.07 Å². The highest BCUT2D eigenvalue weighted by atomic mass is 16.5. The maximum atomic E-state index is 12.7. The number of nitrogens with one attached hydrogen (secondary N) is 2. The van der Waals surface area contributed by atoms with Crippen LogP contribution in [0.1, 0.15) is 31.8 Å². The van der Waals surface area contributed by atoms with Crippen molar-refractivity contribution in [3.63, 3.8) is 0 Å². The second-order valence-corrected chi connectivity index (χ2v) is 5.12. The summed E-state index contributed by atoms with van der Waals surface area (Å²) in [5, 5.41) is 9.33. The van der Waals surface area contributed by atoms with Gasteiger partial charge in [0.1, 0.15) is 12.3 Å². The molecule has 3 rings (SSSR count). The van der Waals surface area contributed by atoms with Gasteiger partial charge in [0.15, 0.2) is 17.5 Å². The lowest BCUT2D eigenvalue weighted by Gasteiger charge is -2.19. The molecule has 2 aromatic carbocycles. The zero-order chi connectivity index (χ0) is 17.3. The van der Waals surface area contributed by atoms with Crippen LogP contribution in [0, 0.1) is 5.41 Å². The molecule has 0 aromatic heterocycles. The molecule has 0 fully saturated rings. The molecule has 1 aliphatic carbocycles. The Morgan fingerprint density at radius 1 is 1.00 bits per heavy atom. The minimum Gasteiger partial charge on any atom is -0.424 e. The third kappa shape index (κ3) is 2.63. The highest BCUT2D eigenvalue weighted by Gasteiger charge is 2.32. The lowest BCUT2D eigenvalue weighted by Crippen LogP contribution is -2.36. The predicted molar refractivity (Wildman–Crippen MR) is 85.3 cm³/mol. The molecule has 0 spiro atoms. The van der Waals surface area contributed by atoms with Crippen LogP contribution in [0.4, 0.5) is 0 Å². The van der Waals surface area contributed by atoms with Crippen LogP contribution in [0.2, 0.25) is 0 Å². The molecule has 0 unspecified atom stereocenters. The molecule has 0 saturated carbocycles. The fraction of sp³-hybridized carbons (Fsp3) is 0.0588. The average Bonchev–Trinajstić information content (AvgIpc) is 2.58. The molecule has 0 aliphatic heterocycles. The van der Waals surface area contributed by atoms with E-state index in [1.165, 1.54) is 12.1 Å². The van der Waals surface area contributed by atoms with Crippen LogP contribution < -0.4 is 15.8 Å². The van der Waals surface area contributed by atoms with Crippen LogP contribution in [0.5, 0.6) is 5.75 Å². The van der Waals surface area contributed by atoms with Gasteiger partial charge < -0.3 is 15.8 Å². The number of fused-ring (bicyclic) bond motifs is 2. The van der Waals surface area contributed by atoms with Crippen LogP contribution in [0.3, 0.4) is 0 Å². The Hall–Kier alpha value is -3.48. The highest BCUT2D eigenvalue weighted by molar-refractivity contribution is 6.29. The molecule has 4 N–H and O–H groups in total. The summed E-state index contributed by atoms with van der Waals surface area (Å²) < 4.78 is 5.17. The first-order valence-corrected chi connectivity index (χ1v) is 7.09. The van der Waals surface area contributed by atoms with Crippen molar-refractivity contribution in [2.24, 2.45) is 5.73 Å². The smallest absolute Gasteiger partial charge is 0.330 e. The number of rotatable bonds is 3. The predicted octanol–water partition coefficient (Wildman–Crippen LogP) is 0.850. The number of carbonyl (C=O) groups excluding carboxylic acids is 3. The van der Waals surface area contributed by atoms with Crippen molar-refractivity contribution in [1.82, 2.24) is 5.32 Å². The van der Waals surface area contributed by atoms with E-state index in [-0.39, 0.29) is 46.5 Å². The molecular formula is C17H13N3O4. The van der Waals surface area contributed by atoms with Gasteiger partial charge in [-0.2, -0.15) is 0 Å². The standard InChI is InChI=1S/C17H13N3O4/c18-17(19)20-8-13(21)24-12-7-3-6-11-14(12)16(23)10-5-2-1-4-9(10)15(11)22/h1-7H,8H2,(H4,18,19,20). The summed E-state index contributed by atoms with van der Waals surface area (Å²) in [5.41, 5.74) is 5.98. The fourth-order valence-corrected chi connectivity index (χ4v) is 2.52. The maximum absolute atomic E-state index is 12.7. The van der Waals surface area contributed by atoms with Crippen LogP contribution in [0.15, 0.2) is 42.5 Å². The normalized spacial score (nSPS) is 12.2. The second-order valence-electron chi connectivity index (χ2n) is 5.12. The number of esters is 1. The quantitative estimate of drug-likeness (QED) is 0.284. The van der Waals surface area contributed by atoms with E-state index in [1.54, 1.807) is 30.3 Å². The number of carbonyl (C=O) groups is 3. The lowest BCUT2D eigenvalue weighted by atomic mass is 9.83. The molecule has 0 atom stereocenters. The summed E-state index contributed by atoms with van der Waals surface area (Å²) in [7, 11) is 0. The minimum absolute atomic E-state index is 0.00991. The number of benzene rings is 2. The maximum Gasteiger partial charge on any atom is 0.330 e. The van der Waals surface area contributed by atoms with E-state index in [0.717, 1.165) is 0 Å². The summed E-state index contributed by atoms with van der Waals surface area (Å²) in [5.74, 6) is -1.75. The molecular weight excluding hydrogens is 310 g/mol. The number of hydrogen-bond acceptors (Lipinski definition) is 5. The summed E-state index contributed by atoms with van der Waals surface area (Å²) in [4.78, 5) is 37.1. The van der Waals surface area contributed by atoms with E-state index in [0.29, 0.717) is 5.56 Å². The van der Waals surface area contributed by atoms with Crippen molar-refractivity contribution < 1.29 is 19.1 Å². The van der Waals surface area contributed by atoms with E-state index >= 15 is 0 Å². The topological polar surface area (TPSA) is 122 Å². The molecule has 120 valence electrons. The van der Waals surface area contributed by atoms with Crippen LogP contribution in [0.25, 0.3) is 0 Å². The van der Waals surface area contributed by atoms with Gasteiger partial charge in [0, 0.05) is 16.7 Å². The summed E-state index contributed by atoms with van der Waals surface area (Å²) in [6.45, 7) is -0.322. The monoisotopic (exact) mass is 323 g/mol. The average molecular weight is 323 g/mol. The van der Waals surface area contributed by atoms with Crippen molar-refractivity contribution in [2.75, 3.05) is 6.54 Å². The van der Waals surface area contributed by atoms with Gasteiger partial charge in [-0.1, -0.05) is 36.4 Å². The molecule has 7 heteroatoms. The van der Waals surface area contributed by atoms with Gasteiger partial charge in [0.05, 0.1) is 5.56 Å². The second kappa shape index (κ2) is 5.96. The van der Waals surface area contributed by atoms with Gasteiger partial charge in [-0.3, -0.25) is 15.0 Å². The molecule has 0 radical (unpaired) electrons. The van der Waals surface area contributed by atoms with E-state index in [2.05, 4.69) is 5.32 Å². The SMILES string of the molecule is N=C(N)NCC(=O)Oc1cccc2c1C(=O)c1ccccc1C2=O. The van der Waals surface area contributed by atoms with Gasteiger partial charge in [-0.15, -0.1) is 0 Å². The Bertz CT molecular complexity index is 889. The van der Waals surface area contributed by atoms with Crippen molar-refractivity contribution in [1.29, 1.82) is 5.41 Å². The first-order valence-electron chi connectivity index (χ1n) is 7.09. The molecule has 0 amide bonds. The Morgan fingerprint density at radius 2 is 1.62 bits per heavy atom. The highest BCUT2D eigenvalue weighted by Crippen LogP contribution is 2.33. The minimum atomic E-state index is -0.724. The third-order valence-corrected chi connectivity index (χ3v) is 3.56. The van der Waals surface area contributed by atoms with Crippen molar-refractivity contribution >= 4 is 23.5 Å². The van der Waals surface area contributed by atoms with Crippen molar-refractivity contribution in [3.8, 4) is 5.75 Å². The molecule has 7 nitrogen and oxygen atoms in total. The van der Waals surface area contributed by atoms with Crippen LogP contribution in [-0.2, 0) is 4.79 Å².